The summed E-state index contributed by atoms with van der Waals surface area (Å²) in [6, 6.07) is 5.66. The van der Waals surface area contributed by atoms with E-state index in [2.05, 4.69) is 9.97 Å². The van der Waals surface area contributed by atoms with Gasteiger partial charge in [0.2, 0.25) is 0 Å². The lowest BCUT2D eigenvalue weighted by Crippen LogP contribution is -2.15. The third kappa shape index (κ3) is 3.08. The molecular formula is C14H12N2O4S. The molecule has 21 heavy (non-hydrogen) atoms. The first kappa shape index (κ1) is 13.7. The molecule has 6 nitrogen and oxygen atoms in total. The Kier molecular flexibility index (Phi) is 3.92. The van der Waals surface area contributed by atoms with E-state index in [9.17, 15) is 4.79 Å². The van der Waals surface area contributed by atoms with Crippen LogP contribution in [-0.4, -0.2) is 34.3 Å². The van der Waals surface area contributed by atoms with Gasteiger partial charge in [0, 0.05) is 16.8 Å². The van der Waals surface area contributed by atoms with Crippen LogP contribution in [0.5, 0.6) is 11.5 Å². The normalized spacial score (nSPS) is 13.0. The predicted molar refractivity (Wildman–Crippen MR) is 76.0 cm³/mol. The second kappa shape index (κ2) is 6.01. The highest BCUT2D eigenvalue weighted by atomic mass is 32.2. The van der Waals surface area contributed by atoms with Crippen molar-refractivity contribution in [2.24, 2.45) is 0 Å². The molecule has 1 aliphatic heterocycles. The first-order valence-corrected chi connectivity index (χ1v) is 7.27. The van der Waals surface area contributed by atoms with E-state index in [1.54, 1.807) is 0 Å². The fraction of sp³-hybridized carbons (Fsp3) is 0.214. The quantitative estimate of drug-likeness (QED) is 0.867. The molecule has 7 heteroatoms. The van der Waals surface area contributed by atoms with Gasteiger partial charge >= 0.3 is 5.97 Å². The number of benzene rings is 1. The number of hydrogen-bond acceptors (Lipinski definition) is 6. The molecule has 0 amide bonds. The number of carboxylic acids is 1. The topological polar surface area (TPSA) is 81.5 Å². The van der Waals surface area contributed by atoms with Gasteiger partial charge in [-0.1, -0.05) is 0 Å². The fourth-order valence-corrected chi connectivity index (χ4v) is 2.80. The highest BCUT2D eigenvalue weighted by Crippen LogP contribution is 2.35. The van der Waals surface area contributed by atoms with Crippen molar-refractivity contribution in [2.75, 3.05) is 13.2 Å². The molecule has 0 atom stereocenters. The third-order valence-corrected chi connectivity index (χ3v) is 3.92. The molecule has 3 rings (SSSR count). The number of fused-ring (bicyclic) bond motifs is 1. The number of thioether (sulfide) groups is 1. The lowest BCUT2D eigenvalue weighted by Gasteiger charge is -2.18. The number of rotatable bonds is 4. The van der Waals surface area contributed by atoms with Gasteiger partial charge in [0.05, 0.1) is 5.69 Å². The molecule has 1 aromatic carbocycles. The van der Waals surface area contributed by atoms with Gasteiger partial charge in [0.25, 0.3) is 0 Å². The lowest BCUT2D eigenvalue weighted by molar-refractivity contribution is 0.0695. The molecule has 0 unspecified atom stereocenters. The molecule has 2 heterocycles. The van der Waals surface area contributed by atoms with Crippen molar-refractivity contribution in [1.82, 2.24) is 9.97 Å². The Morgan fingerprint density at radius 1 is 1.29 bits per heavy atom. The predicted octanol–water partition coefficient (Wildman–Crippen LogP) is 2.24. The largest absolute Gasteiger partial charge is 0.486 e. The van der Waals surface area contributed by atoms with Crippen LogP contribution >= 0.6 is 11.8 Å². The molecule has 1 aliphatic rings. The number of hydrogen-bond donors (Lipinski definition) is 1. The van der Waals surface area contributed by atoms with Gasteiger partial charge in [-0.15, -0.1) is 11.8 Å². The Morgan fingerprint density at radius 3 is 2.90 bits per heavy atom. The molecular weight excluding hydrogens is 292 g/mol. The first-order chi connectivity index (χ1) is 10.2. The maximum atomic E-state index is 11.1. The van der Waals surface area contributed by atoms with Crippen LogP contribution in [0.15, 0.2) is 35.6 Å². The summed E-state index contributed by atoms with van der Waals surface area (Å²) in [6.45, 7) is 1.10. The van der Waals surface area contributed by atoms with E-state index in [0.29, 0.717) is 30.4 Å². The SMILES string of the molecule is O=C(O)c1cncnc1CSc1ccc2c(c1)OCCO2. The van der Waals surface area contributed by atoms with Crippen molar-refractivity contribution < 1.29 is 19.4 Å². The molecule has 0 bridgehead atoms. The Hall–Kier alpha value is -2.28. The van der Waals surface area contributed by atoms with Crippen LogP contribution < -0.4 is 9.47 Å². The zero-order valence-electron chi connectivity index (χ0n) is 11.0. The minimum absolute atomic E-state index is 0.127. The van der Waals surface area contributed by atoms with Crippen LogP contribution in [0.25, 0.3) is 0 Å². The van der Waals surface area contributed by atoms with Gasteiger partial charge in [-0.25, -0.2) is 14.8 Å². The van der Waals surface area contributed by atoms with E-state index < -0.39 is 5.97 Å². The maximum absolute atomic E-state index is 11.1. The molecule has 0 fully saturated rings. The van der Waals surface area contributed by atoms with E-state index in [1.807, 2.05) is 18.2 Å². The smallest absolute Gasteiger partial charge is 0.339 e. The Bertz CT molecular complexity index is 678. The van der Waals surface area contributed by atoms with Gasteiger partial charge in [-0.2, -0.15) is 0 Å². The van der Waals surface area contributed by atoms with Gasteiger partial charge in [0.1, 0.15) is 25.1 Å². The highest BCUT2D eigenvalue weighted by molar-refractivity contribution is 7.98. The van der Waals surface area contributed by atoms with Crippen molar-refractivity contribution >= 4 is 17.7 Å². The number of carbonyl (C=O) groups is 1. The molecule has 0 saturated carbocycles. The number of aromatic nitrogens is 2. The molecule has 0 saturated heterocycles. The van der Waals surface area contributed by atoms with E-state index >= 15 is 0 Å². The monoisotopic (exact) mass is 304 g/mol. The van der Waals surface area contributed by atoms with Crippen LogP contribution in [0.1, 0.15) is 16.1 Å². The fourth-order valence-electron chi connectivity index (χ4n) is 1.91. The zero-order valence-corrected chi connectivity index (χ0v) is 11.8. The summed E-state index contributed by atoms with van der Waals surface area (Å²) in [5.74, 6) is 0.878. The number of ether oxygens (including phenoxy) is 2. The van der Waals surface area contributed by atoms with Crippen molar-refractivity contribution in [3.8, 4) is 11.5 Å². The molecule has 0 spiro atoms. The van der Waals surface area contributed by atoms with Crippen LogP contribution in [0.3, 0.4) is 0 Å². The van der Waals surface area contributed by atoms with Gasteiger partial charge in [-0.05, 0) is 18.2 Å². The summed E-state index contributed by atoms with van der Waals surface area (Å²) >= 11 is 1.49. The lowest BCUT2D eigenvalue weighted by atomic mass is 10.2. The number of nitrogens with zero attached hydrogens (tertiary/aromatic N) is 2. The molecule has 1 aromatic heterocycles. The molecule has 1 N–H and O–H groups in total. The van der Waals surface area contributed by atoms with Crippen molar-refractivity contribution in [3.63, 3.8) is 0 Å². The molecule has 108 valence electrons. The average Bonchev–Trinajstić information content (AvgIpc) is 2.53. The Morgan fingerprint density at radius 2 is 2.10 bits per heavy atom. The van der Waals surface area contributed by atoms with E-state index in [1.165, 1.54) is 24.3 Å². The summed E-state index contributed by atoms with van der Waals surface area (Å²) in [6.07, 6.45) is 2.67. The van der Waals surface area contributed by atoms with Crippen LogP contribution in [-0.2, 0) is 5.75 Å². The highest BCUT2D eigenvalue weighted by Gasteiger charge is 2.14. The maximum Gasteiger partial charge on any atom is 0.339 e. The summed E-state index contributed by atoms with van der Waals surface area (Å²) in [5.41, 5.74) is 0.625. The van der Waals surface area contributed by atoms with Gasteiger partial charge in [0.15, 0.2) is 11.5 Å². The molecule has 0 radical (unpaired) electrons. The van der Waals surface area contributed by atoms with E-state index in [4.69, 9.17) is 14.6 Å². The summed E-state index contributed by atoms with van der Waals surface area (Å²) in [4.78, 5) is 19.8. The standard InChI is InChI=1S/C14H12N2O4S/c17-14(18)10-6-15-8-16-11(10)7-21-9-1-2-12-13(5-9)20-4-3-19-12/h1-2,5-6,8H,3-4,7H2,(H,17,18). The first-order valence-electron chi connectivity index (χ1n) is 6.28. The van der Waals surface area contributed by atoms with Crippen molar-refractivity contribution in [2.45, 2.75) is 10.6 Å². The number of carboxylic acid groups (broad SMARTS) is 1. The molecule has 2 aromatic rings. The summed E-state index contributed by atoms with van der Waals surface area (Å²) in [5, 5.41) is 9.10. The number of aromatic carboxylic acids is 1. The zero-order chi connectivity index (χ0) is 14.7. The Labute approximate surface area is 125 Å². The average molecular weight is 304 g/mol. The van der Waals surface area contributed by atoms with E-state index in [-0.39, 0.29) is 5.56 Å². The van der Waals surface area contributed by atoms with Crippen molar-refractivity contribution in [3.05, 3.63) is 42.0 Å². The van der Waals surface area contributed by atoms with Gasteiger partial charge < -0.3 is 14.6 Å². The summed E-state index contributed by atoms with van der Waals surface area (Å²) < 4.78 is 11.0. The summed E-state index contributed by atoms with van der Waals surface area (Å²) in [7, 11) is 0. The second-order valence-electron chi connectivity index (χ2n) is 4.28. The Balaban J connectivity index is 1.75. The second-order valence-corrected chi connectivity index (χ2v) is 5.33. The minimum Gasteiger partial charge on any atom is -0.486 e. The van der Waals surface area contributed by atoms with Crippen LogP contribution in [0.4, 0.5) is 0 Å². The van der Waals surface area contributed by atoms with Crippen molar-refractivity contribution in [1.29, 1.82) is 0 Å². The van der Waals surface area contributed by atoms with E-state index in [0.717, 1.165) is 10.6 Å². The van der Waals surface area contributed by atoms with Crippen LogP contribution in [0.2, 0.25) is 0 Å². The van der Waals surface area contributed by atoms with Crippen LogP contribution in [0, 0.1) is 0 Å². The third-order valence-electron chi connectivity index (χ3n) is 2.91. The minimum atomic E-state index is -1.02. The van der Waals surface area contributed by atoms with Gasteiger partial charge in [-0.3, -0.25) is 0 Å². The molecule has 0 aliphatic carbocycles.